The van der Waals surface area contributed by atoms with Gasteiger partial charge in [-0.2, -0.15) is 18.1 Å². The third kappa shape index (κ3) is 3.88. The smallest absolute Gasteiger partial charge is 0.422 e. The summed E-state index contributed by atoms with van der Waals surface area (Å²) in [7, 11) is 0. The normalized spacial score (nSPS) is 13.2. The van der Waals surface area contributed by atoms with E-state index in [2.05, 4.69) is 9.91 Å². The van der Waals surface area contributed by atoms with Gasteiger partial charge < -0.3 is 4.74 Å². The minimum atomic E-state index is -4.35. The molecule has 0 spiro atoms. The Balaban J connectivity index is 2.61. The maximum atomic E-state index is 11.8. The van der Waals surface area contributed by atoms with Crippen LogP contribution in [0.15, 0.2) is 29.4 Å². The average Bonchev–Trinajstić information content (AvgIpc) is 2.25. The van der Waals surface area contributed by atoms with E-state index < -0.39 is 18.8 Å². The molecular formula is C10H10F3NO2. The first-order chi connectivity index (χ1) is 7.42. The Morgan fingerprint density at radius 3 is 2.31 bits per heavy atom. The van der Waals surface area contributed by atoms with Gasteiger partial charge in [0.1, 0.15) is 11.8 Å². The van der Waals surface area contributed by atoms with Crippen molar-refractivity contribution in [1.29, 1.82) is 0 Å². The first kappa shape index (κ1) is 12.5. The molecule has 0 aliphatic heterocycles. The number of benzene rings is 1. The zero-order valence-electron chi connectivity index (χ0n) is 8.49. The summed E-state index contributed by atoms with van der Waals surface area (Å²) in [5, 5.41) is 2.80. The van der Waals surface area contributed by atoms with E-state index in [9.17, 15) is 18.1 Å². The van der Waals surface area contributed by atoms with E-state index in [1.165, 1.54) is 24.3 Å². The molecule has 3 nitrogen and oxygen atoms in total. The first-order valence-electron chi connectivity index (χ1n) is 4.54. The Morgan fingerprint density at radius 1 is 1.31 bits per heavy atom. The molecule has 0 fully saturated rings. The van der Waals surface area contributed by atoms with Gasteiger partial charge in [-0.1, -0.05) is 17.3 Å². The minimum absolute atomic E-state index is 0.110. The molecule has 1 aromatic carbocycles. The molecule has 0 radical (unpaired) electrons. The Morgan fingerprint density at radius 2 is 1.88 bits per heavy atom. The summed E-state index contributed by atoms with van der Waals surface area (Å²) >= 11 is 0. The lowest BCUT2D eigenvalue weighted by Gasteiger charge is -2.09. The van der Waals surface area contributed by atoms with Crippen molar-refractivity contribution in [1.82, 2.24) is 0 Å². The Labute approximate surface area is 90.2 Å². The largest absolute Gasteiger partial charge is 0.484 e. The van der Waals surface area contributed by atoms with Gasteiger partial charge >= 0.3 is 6.18 Å². The minimum Gasteiger partial charge on any atom is -0.484 e. The lowest BCUT2D eigenvalue weighted by molar-refractivity contribution is -0.153. The summed E-state index contributed by atoms with van der Waals surface area (Å²) in [5.74, 6) is 0.110. The topological polar surface area (TPSA) is 38.7 Å². The molecular weight excluding hydrogens is 223 g/mol. The van der Waals surface area contributed by atoms with Crippen molar-refractivity contribution in [3.63, 3.8) is 0 Å². The summed E-state index contributed by atoms with van der Waals surface area (Å²) in [4.78, 5) is 10.2. The zero-order chi connectivity index (χ0) is 12.2. The number of ether oxygens (including phenoxy) is 1. The summed E-state index contributed by atoms with van der Waals surface area (Å²) in [6.45, 7) is 0.270. The molecule has 0 heterocycles. The van der Waals surface area contributed by atoms with Crippen LogP contribution in [0.1, 0.15) is 18.5 Å². The van der Waals surface area contributed by atoms with Crippen LogP contribution in [-0.4, -0.2) is 12.8 Å². The van der Waals surface area contributed by atoms with Crippen LogP contribution in [0.25, 0.3) is 0 Å². The lowest BCUT2D eigenvalue weighted by atomic mass is 10.1. The first-order valence-corrected chi connectivity index (χ1v) is 4.54. The molecule has 1 aromatic rings. The third-order valence-electron chi connectivity index (χ3n) is 1.92. The van der Waals surface area contributed by atoms with Gasteiger partial charge in [0.05, 0.1) is 0 Å². The predicted octanol–water partition coefficient (Wildman–Crippen LogP) is 3.46. The van der Waals surface area contributed by atoms with Crippen molar-refractivity contribution in [3.8, 4) is 5.75 Å². The van der Waals surface area contributed by atoms with Crippen LogP contribution >= 0.6 is 0 Å². The number of alkyl halides is 3. The van der Waals surface area contributed by atoms with Gasteiger partial charge in [-0.25, -0.2) is 0 Å². The molecule has 0 bridgehead atoms. The number of rotatable bonds is 4. The predicted molar refractivity (Wildman–Crippen MR) is 52.2 cm³/mol. The van der Waals surface area contributed by atoms with Crippen molar-refractivity contribution in [2.24, 2.45) is 5.18 Å². The summed E-state index contributed by atoms with van der Waals surface area (Å²) in [5.41, 5.74) is 0.634. The second kappa shape index (κ2) is 4.96. The van der Waals surface area contributed by atoms with Crippen molar-refractivity contribution in [2.45, 2.75) is 19.1 Å². The number of nitrogens with zero attached hydrogens (tertiary/aromatic N) is 1. The van der Waals surface area contributed by atoms with Crippen LogP contribution in [0.3, 0.4) is 0 Å². The van der Waals surface area contributed by atoms with E-state index in [1.807, 2.05) is 0 Å². The molecule has 0 saturated carbocycles. The van der Waals surface area contributed by atoms with E-state index >= 15 is 0 Å². The van der Waals surface area contributed by atoms with E-state index in [0.29, 0.717) is 5.56 Å². The maximum Gasteiger partial charge on any atom is 0.422 e. The molecule has 88 valence electrons. The van der Waals surface area contributed by atoms with E-state index in [-0.39, 0.29) is 5.75 Å². The molecule has 1 rings (SSSR count). The fraction of sp³-hybridized carbons (Fsp3) is 0.400. The van der Waals surface area contributed by atoms with E-state index in [4.69, 9.17) is 0 Å². The van der Waals surface area contributed by atoms with Gasteiger partial charge in [0.25, 0.3) is 0 Å². The molecule has 0 aliphatic carbocycles. The maximum absolute atomic E-state index is 11.8. The van der Waals surface area contributed by atoms with E-state index in [0.717, 1.165) is 0 Å². The van der Waals surface area contributed by atoms with Crippen molar-refractivity contribution in [2.75, 3.05) is 6.61 Å². The molecule has 0 N–H and O–H groups in total. The number of nitroso groups, excluding NO2 is 1. The molecule has 0 amide bonds. The molecule has 16 heavy (non-hydrogen) atoms. The third-order valence-corrected chi connectivity index (χ3v) is 1.92. The van der Waals surface area contributed by atoms with Gasteiger partial charge in [0.15, 0.2) is 6.61 Å². The number of hydrogen-bond donors (Lipinski definition) is 0. The fourth-order valence-corrected chi connectivity index (χ4v) is 1.07. The second-order valence-electron chi connectivity index (χ2n) is 3.25. The van der Waals surface area contributed by atoms with Crippen LogP contribution in [0.5, 0.6) is 5.75 Å². The van der Waals surface area contributed by atoms with E-state index in [1.54, 1.807) is 6.92 Å². The Bertz CT molecular complexity index is 348. The highest BCUT2D eigenvalue weighted by atomic mass is 19.4. The van der Waals surface area contributed by atoms with Gasteiger partial charge in [0, 0.05) is 0 Å². The molecule has 0 saturated heterocycles. The molecule has 6 heteroatoms. The van der Waals surface area contributed by atoms with Crippen LogP contribution in [0.2, 0.25) is 0 Å². The van der Waals surface area contributed by atoms with Crippen molar-refractivity contribution < 1.29 is 17.9 Å². The molecule has 0 aliphatic rings. The Hall–Kier alpha value is -1.59. The fourth-order valence-electron chi connectivity index (χ4n) is 1.07. The summed E-state index contributed by atoms with van der Waals surface area (Å²) in [6, 6.07) is 5.26. The van der Waals surface area contributed by atoms with Gasteiger partial charge in [-0.3, -0.25) is 0 Å². The molecule has 1 atom stereocenters. The number of halogens is 3. The second-order valence-corrected chi connectivity index (χ2v) is 3.25. The summed E-state index contributed by atoms with van der Waals surface area (Å²) in [6.07, 6.45) is -4.35. The van der Waals surface area contributed by atoms with Crippen molar-refractivity contribution >= 4 is 0 Å². The van der Waals surface area contributed by atoms with Crippen LogP contribution < -0.4 is 4.74 Å². The highest BCUT2D eigenvalue weighted by Gasteiger charge is 2.28. The van der Waals surface area contributed by atoms with Crippen LogP contribution in [0, 0.1) is 4.91 Å². The Kier molecular flexibility index (Phi) is 3.87. The summed E-state index contributed by atoms with van der Waals surface area (Å²) < 4.78 is 40.0. The van der Waals surface area contributed by atoms with Crippen LogP contribution in [0.4, 0.5) is 13.2 Å². The zero-order valence-corrected chi connectivity index (χ0v) is 8.49. The number of hydrogen-bond acceptors (Lipinski definition) is 3. The van der Waals surface area contributed by atoms with Gasteiger partial charge in [0.2, 0.25) is 0 Å². The quantitative estimate of drug-likeness (QED) is 0.747. The van der Waals surface area contributed by atoms with Gasteiger partial charge in [-0.05, 0) is 24.6 Å². The molecule has 0 aromatic heterocycles. The van der Waals surface area contributed by atoms with Crippen molar-refractivity contribution in [3.05, 3.63) is 34.7 Å². The van der Waals surface area contributed by atoms with Crippen LogP contribution in [-0.2, 0) is 0 Å². The standard InChI is InChI=1S/C10H10F3NO2/c1-7(14-15)8-2-4-9(5-3-8)16-6-10(11,12)13/h2-5,7H,6H2,1H3. The monoisotopic (exact) mass is 233 g/mol. The highest BCUT2D eigenvalue weighted by Crippen LogP contribution is 2.22. The molecule has 1 unspecified atom stereocenters. The lowest BCUT2D eigenvalue weighted by Crippen LogP contribution is -2.19. The average molecular weight is 233 g/mol. The highest BCUT2D eigenvalue weighted by molar-refractivity contribution is 5.28. The van der Waals surface area contributed by atoms with Gasteiger partial charge in [-0.15, -0.1) is 0 Å². The SMILES string of the molecule is CC(N=O)c1ccc(OCC(F)(F)F)cc1.